The number of nitrogens with zero attached hydrogens (tertiary/aromatic N) is 3. The minimum absolute atomic E-state index is 0.0340. The van der Waals surface area contributed by atoms with E-state index >= 15 is 0 Å². The number of carbonyl (C=O) groups is 1. The number of hydrogen-bond acceptors (Lipinski definition) is 7. The van der Waals surface area contributed by atoms with Crippen molar-refractivity contribution in [2.75, 3.05) is 65.2 Å². The SMILES string of the molecule is CC(C)(C)S(C)(C)C.CC(C)c1nc(C=O)cs1.CN1CCOC2(CCN(Cc3cccc(C(F)CO)c3)CC2)C1. The number of ether oxygens (including phenoxy) is 1. The third-order valence-corrected chi connectivity index (χ3v) is 12.9. The lowest BCUT2D eigenvalue weighted by Crippen LogP contribution is -2.55. The number of likely N-dealkylation sites (tertiary alicyclic amines) is 1. The summed E-state index contributed by atoms with van der Waals surface area (Å²) in [4.78, 5) is 19.0. The van der Waals surface area contributed by atoms with Gasteiger partial charge >= 0.3 is 0 Å². The quantitative estimate of drug-likeness (QED) is 0.374. The molecule has 2 saturated heterocycles. The molecule has 1 N–H and O–H groups in total. The van der Waals surface area contributed by atoms with Crippen LogP contribution in [0.5, 0.6) is 0 Å². The van der Waals surface area contributed by atoms with E-state index in [2.05, 4.69) is 75.2 Å². The molecule has 234 valence electrons. The molecule has 1 aromatic heterocycles. The van der Waals surface area contributed by atoms with Crippen molar-refractivity contribution in [3.05, 3.63) is 51.5 Å². The molecule has 3 heterocycles. The van der Waals surface area contributed by atoms with E-state index in [-0.39, 0.29) is 15.6 Å². The molecule has 1 atom stereocenters. The van der Waals surface area contributed by atoms with Gasteiger partial charge in [0.2, 0.25) is 0 Å². The number of halogens is 1. The number of hydrogen-bond donors (Lipinski definition) is 1. The summed E-state index contributed by atoms with van der Waals surface area (Å²) in [6, 6.07) is 7.51. The van der Waals surface area contributed by atoms with Crippen LogP contribution >= 0.6 is 21.4 Å². The van der Waals surface area contributed by atoms with Crippen LogP contribution in [-0.4, -0.2) is 102 Å². The van der Waals surface area contributed by atoms with Crippen LogP contribution in [0.2, 0.25) is 0 Å². The summed E-state index contributed by atoms with van der Waals surface area (Å²) < 4.78 is 20.2. The molecule has 2 aliphatic rings. The number of alkyl halides is 1. The first-order valence-corrected chi connectivity index (χ1v) is 18.3. The van der Waals surface area contributed by atoms with E-state index in [1.165, 1.54) is 11.3 Å². The fourth-order valence-corrected chi connectivity index (χ4v) is 5.11. The summed E-state index contributed by atoms with van der Waals surface area (Å²) >= 11 is 1.54. The largest absolute Gasteiger partial charge is 0.393 e. The van der Waals surface area contributed by atoms with Crippen molar-refractivity contribution in [2.45, 2.75) is 76.4 Å². The summed E-state index contributed by atoms with van der Waals surface area (Å²) in [5.74, 6) is 0.429. The second kappa shape index (κ2) is 15.9. The summed E-state index contributed by atoms with van der Waals surface area (Å²) in [6.07, 6.45) is 8.67. The van der Waals surface area contributed by atoms with Gasteiger partial charge in [-0.3, -0.25) is 9.69 Å². The van der Waals surface area contributed by atoms with Gasteiger partial charge in [-0.05, 0) is 54.5 Å². The molecular formula is C32H54FN3O3S2. The van der Waals surface area contributed by atoms with Gasteiger partial charge in [0.15, 0.2) is 6.29 Å². The molecule has 0 amide bonds. The minimum Gasteiger partial charge on any atom is -0.393 e. The lowest BCUT2D eigenvalue weighted by Gasteiger charge is -2.46. The maximum Gasteiger partial charge on any atom is 0.169 e. The first kappa shape index (κ1) is 35.8. The van der Waals surface area contributed by atoms with Crippen molar-refractivity contribution in [2.24, 2.45) is 0 Å². The summed E-state index contributed by atoms with van der Waals surface area (Å²) in [5, 5.41) is 11.8. The Labute approximate surface area is 254 Å². The number of piperidine rings is 1. The Morgan fingerprint density at radius 1 is 1.20 bits per heavy atom. The summed E-state index contributed by atoms with van der Waals surface area (Å²) in [6.45, 7) is 16.3. The number of aliphatic hydroxyl groups excluding tert-OH is 1. The number of aromatic nitrogens is 1. The molecule has 41 heavy (non-hydrogen) atoms. The van der Waals surface area contributed by atoms with Gasteiger partial charge in [0, 0.05) is 44.0 Å². The maximum atomic E-state index is 13.6. The monoisotopic (exact) mass is 611 g/mol. The zero-order valence-corrected chi connectivity index (χ0v) is 28.4. The van der Waals surface area contributed by atoms with E-state index in [0.29, 0.717) is 21.9 Å². The molecule has 4 rings (SSSR count). The van der Waals surface area contributed by atoms with Crippen molar-refractivity contribution in [3.63, 3.8) is 0 Å². The molecule has 2 aromatic rings. The van der Waals surface area contributed by atoms with Crippen LogP contribution in [-0.2, 0) is 11.3 Å². The van der Waals surface area contributed by atoms with Crippen LogP contribution < -0.4 is 0 Å². The molecule has 2 fully saturated rings. The van der Waals surface area contributed by atoms with E-state index in [1.807, 2.05) is 18.2 Å². The fraction of sp³-hybridized carbons (Fsp3) is 0.688. The lowest BCUT2D eigenvalue weighted by molar-refractivity contribution is -0.131. The molecule has 1 unspecified atom stereocenters. The second-order valence-corrected chi connectivity index (χ2v) is 19.1. The second-order valence-electron chi connectivity index (χ2n) is 13.3. The number of rotatable bonds is 6. The van der Waals surface area contributed by atoms with Crippen LogP contribution in [0.3, 0.4) is 0 Å². The van der Waals surface area contributed by atoms with Crippen molar-refractivity contribution in [1.29, 1.82) is 0 Å². The standard InChI is InChI=1S/C18H27FN2O2.C7H9NOS.C7H18S/c1-20-9-10-23-18(14-20)5-7-21(8-6-18)12-15-3-2-4-16(11-15)17(19)13-22;1-5(2)7-8-6(3-9)4-10-7;1-7(2,3)8(4,5)6/h2-4,11,17,22H,5-10,12-14H2,1H3;3-5H,1-2H3;1-6H3. The van der Waals surface area contributed by atoms with Gasteiger partial charge in [-0.1, -0.05) is 58.9 Å². The van der Waals surface area contributed by atoms with Gasteiger partial charge in [0.25, 0.3) is 0 Å². The first-order chi connectivity index (χ1) is 19.1. The van der Waals surface area contributed by atoms with E-state index in [1.54, 1.807) is 11.4 Å². The Morgan fingerprint density at radius 3 is 2.29 bits per heavy atom. The van der Waals surface area contributed by atoms with Crippen LogP contribution in [0.4, 0.5) is 4.39 Å². The predicted molar refractivity (Wildman–Crippen MR) is 175 cm³/mol. The molecule has 0 saturated carbocycles. The Kier molecular flexibility index (Phi) is 13.9. The Hall–Kier alpha value is -1.36. The highest BCUT2D eigenvalue weighted by molar-refractivity contribution is 8.33. The highest BCUT2D eigenvalue weighted by atomic mass is 32.3. The highest BCUT2D eigenvalue weighted by Gasteiger charge is 2.38. The van der Waals surface area contributed by atoms with Crippen molar-refractivity contribution in [3.8, 4) is 0 Å². The Morgan fingerprint density at radius 2 is 1.83 bits per heavy atom. The number of thiazole rings is 1. The average molecular weight is 612 g/mol. The molecular weight excluding hydrogens is 558 g/mol. The highest BCUT2D eigenvalue weighted by Crippen LogP contribution is 2.48. The fourth-order valence-electron chi connectivity index (χ4n) is 4.33. The van der Waals surface area contributed by atoms with Crippen molar-refractivity contribution < 1.29 is 19.0 Å². The van der Waals surface area contributed by atoms with Gasteiger partial charge in [-0.2, -0.15) is 0 Å². The smallest absolute Gasteiger partial charge is 0.169 e. The third kappa shape index (κ3) is 11.7. The molecule has 9 heteroatoms. The molecule has 1 aromatic carbocycles. The zero-order valence-electron chi connectivity index (χ0n) is 26.8. The van der Waals surface area contributed by atoms with Gasteiger partial charge < -0.3 is 14.7 Å². The Balaban J connectivity index is 0.000000269. The maximum absolute atomic E-state index is 13.6. The normalized spacial score (nSPS) is 19.1. The number of benzene rings is 1. The van der Waals surface area contributed by atoms with Crippen LogP contribution in [0.25, 0.3) is 0 Å². The molecule has 0 aliphatic carbocycles. The number of aliphatic hydroxyl groups is 1. The topological polar surface area (TPSA) is 65.9 Å². The molecule has 0 bridgehead atoms. The van der Waals surface area contributed by atoms with E-state index < -0.39 is 12.8 Å². The van der Waals surface area contributed by atoms with Gasteiger partial charge in [0.1, 0.15) is 11.9 Å². The van der Waals surface area contributed by atoms with E-state index in [9.17, 15) is 9.18 Å². The number of likely N-dealkylation sites (N-methyl/N-ethyl adjacent to an activating group) is 1. The molecule has 2 aliphatic heterocycles. The van der Waals surface area contributed by atoms with Crippen LogP contribution in [0.1, 0.15) is 86.2 Å². The van der Waals surface area contributed by atoms with Crippen LogP contribution in [0, 0.1) is 0 Å². The minimum atomic E-state index is -1.29. The average Bonchev–Trinajstić information content (AvgIpc) is 3.40. The zero-order chi connectivity index (χ0) is 30.8. The Bertz CT molecular complexity index is 1040. The molecule has 0 radical (unpaired) electrons. The first-order valence-electron chi connectivity index (χ1n) is 14.6. The third-order valence-electron chi connectivity index (χ3n) is 8.08. The number of carbonyl (C=O) groups excluding carboxylic acids is 1. The van der Waals surface area contributed by atoms with E-state index in [0.717, 1.165) is 69.0 Å². The van der Waals surface area contributed by atoms with Crippen molar-refractivity contribution >= 4 is 27.7 Å². The number of aldehydes is 1. The van der Waals surface area contributed by atoms with Crippen LogP contribution in [0.15, 0.2) is 29.6 Å². The lowest BCUT2D eigenvalue weighted by atomic mass is 9.89. The summed E-state index contributed by atoms with van der Waals surface area (Å²) in [7, 11) is 1.82. The van der Waals surface area contributed by atoms with E-state index in [4.69, 9.17) is 9.84 Å². The van der Waals surface area contributed by atoms with Gasteiger partial charge in [0.05, 0.1) is 23.8 Å². The summed E-state index contributed by atoms with van der Waals surface area (Å²) in [5.41, 5.74) is 2.26. The number of morpholine rings is 1. The molecule has 1 spiro atoms. The van der Waals surface area contributed by atoms with Gasteiger partial charge in [-0.25, -0.2) is 19.4 Å². The van der Waals surface area contributed by atoms with Crippen molar-refractivity contribution in [1.82, 2.24) is 14.8 Å². The predicted octanol–water partition coefficient (Wildman–Crippen LogP) is 6.54. The van der Waals surface area contributed by atoms with Gasteiger partial charge in [-0.15, -0.1) is 11.3 Å². The molecule has 6 nitrogen and oxygen atoms in total.